The van der Waals surface area contributed by atoms with Gasteiger partial charge in [-0.25, -0.2) is 4.79 Å². The highest BCUT2D eigenvalue weighted by molar-refractivity contribution is 5.97. The van der Waals surface area contributed by atoms with Crippen molar-refractivity contribution in [2.75, 3.05) is 0 Å². The maximum atomic E-state index is 11.5. The first kappa shape index (κ1) is 22.7. The Hall–Kier alpha value is -1.36. The van der Waals surface area contributed by atoms with E-state index < -0.39 is 24.0 Å². The molecule has 2 N–H and O–H groups in total. The molecule has 0 saturated carbocycles. The Morgan fingerprint density at radius 1 is 1.00 bits per heavy atom. The fourth-order valence-corrected chi connectivity index (χ4v) is 3.54. The van der Waals surface area contributed by atoms with Crippen LogP contribution in [0.15, 0.2) is 12.2 Å². The lowest BCUT2D eigenvalue weighted by Gasteiger charge is -2.13. The number of hydrogen-bond donors (Lipinski definition) is 2. The molecule has 0 amide bonds. The van der Waals surface area contributed by atoms with Gasteiger partial charge in [-0.05, 0) is 26.2 Å². The number of esters is 1. The van der Waals surface area contributed by atoms with Gasteiger partial charge >= 0.3 is 11.9 Å². The van der Waals surface area contributed by atoms with Gasteiger partial charge in [0.15, 0.2) is 0 Å². The molecule has 1 aliphatic heterocycles. The van der Waals surface area contributed by atoms with Crippen molar-refractivity contribution < 1.29 is 24.5 Å². The number of carbonyl (C=O) groups excluding carboxylic acids is 1. The second-order valence-corrected chi connectivity index (χ2v) is 7.60. The van der Waals surface area contributed by atoms with Crippen LogP contribution in [0, 0.1) is 5.92 Å². The van der Waals surface area contributed by atoms with Gasteiger partial charge in [-0.1, -0.05) is 70.8 Å². The minimum absolute atomic E-state index is 0.0772. The molecular formula is C21H36O5. The molecule has 150 valence electrons. The molecule has 0 unspecified atom stereocenters. The van der Waals surface area contributed by atoms with Gasteiger partial charge in [0.05, 0.1) is 6.10 Å². The number of rotatable bonds is 15. The Morgan fingerprint density at radius 3 is 1.92 bits per heavy atom. The highest BCUT2D eigenvalue weighted by atomic mass is 16.6. The lowest BCUT2D eigenvalue weighted by molar-refractivity contribution is -0.144. The normalized spacial score (nSPS) is 21.0. The van der Waals surface area contributed by atoms with E-state index in [0.717, 1.165) is 32.1 Å². The van der Waals surface area contributed by atoms with Gasteiger partial charge in [0.25, 0.3) is 0 Å². The van der Waals surface area contributed by atoms with Crippen LogP contribution in [0.5, 0.6) is 0 Å². The van der Waals surface area contributed by atoms with Gasteiger partial charge in [-0.15, -0.1) is 0 Å². The van der Waals surface area contributed by atoms with Crippen LogP contribution < -0.4 is 0 Å². The lowest BCUT2D eigenvalue weighted by Crippen LogP contribution is -2.24. The molecule has 1 fully saturated rings. The van der Waals surface area contributed by atoms with E-state index in [-0.39, 0.29) is 11.7 Å². The second-order valence-electron chi connectivity index (χ2n) is 7.60. The van der Waals surface area contributed by atoms with Crippen LogP contribution in [0.2, 0.25) is 0 Å². The summed E-state index contributed by atoms with van der Waals surface area (Å²) in [6, 6.07) is 0. The van der Waals surface area contributed by atoms with Crippen LogP contribution in [0.4, 0.5) is 0 Å². The van der Waals surface area contributed by atoms with Gasteiger partial charge in [-0.2, -0.15) is 0 Å². The number of carboxylic acids is 1. The molecule has 0 bridgehead atoms. The molecule has 1 aliphatic rings. The van der Waals surface area contributed by atoms with E-state index in [2.05, 4.69) is 6.58 Å². The van der Waals surface area contributed by atoms with Crippen LogP contribution in [0.1, 0.15) is 90.4 Å². The van der Waals surface area contributed by atoms with Gasteiger partial charge in [0.2, 0.25) is 0 Å². The van der Waals surface area contributed by atoms with Crippen LogP contribution >= 0.6 is 0 Å². The number of aliphatic hydroxyl groups excluding tert-OH is 1. The maximum Gasteiger partial charge on any atom is 0.334 e. The van der Waals surface area contributed by atoms with Crippen LogP contribution in [-0.2, 0) is 14.3 Å². The summed E-state index contributed by atoms with van der Waals surface area (Å²) in [6.07, 6.45) is 13.8. The maximum absolute atomic E-state index is 11.5. The molecule has 5 heteroatoms. The molecule has 0 aromatic carbocycles. The Kier molecular flexibility index (Phi) is 11.3. The molecule has 0 spiro atoms. The summed E-state index contributed by atoms with van der Waals surface area (Å²) in [5.41, 5.74) is 0.0772. The van der Waals surface area contributed by atoms with E-state index in [0.29, 0.717) is 6.42 Å². The van der Waals surface area contributed by atoms with E-state index in [9.17, 15) is 19.8 Å². The Bertz CT molecular complexity index is 444. The lowest BCUT2D eigenvalue weighted by atomic mass is 9.93. The predicted octanol–water partition coefficient (Wildman–Crippen LogP) is 4.62. The Labute approximate surface area is 157 Å². The summed E-state index contributed by atoms with van der Waals surface area (Å²) in [7, 11) is 0. The first-order valence-electron chi connectivity index (χ1n) is 10.2. The van der Waals surface area contributed by atoms with E-state index >= 15 is 0 Å². The summed E-state index contributed by atoms with van der Waals surface area (Å²) in [5.74, 6) is -2.45. The largest absolute Gasteiger partial charge is 0.481 e. The fraction of sp³-hybridized carbons (Fsp3) is 0.810. The summed E-state index contributed by atoms with van der Waals surface area (Å²) in [4.78, 5) is 22.7. The molecule has 0 aromatic rings. The Morgan fingerprint density at radius 2 is 1.46 bits per heavy atom. The van der Waals surface area contributed by atoms with E-state index in [1.165, 1.54) is 44.9 Å². The van der Waals surface area contributed by atoms with Gasteiger partial charge in [-0.3, -0.25) is 4.79 Å². The second kappa shape index (κ2) is 12.9. The minimum Gasteiger partial charge on any atom is -0.481 e. The Balaban J connectivity index is 1.93. The summed E-state index contributed by atoms with van der Waals surface area (Å²) in [5, 5.41) is 18.4. The van der Waals surface area contributed by atoms with E-state index in [4.69, 9.17) is 4.74 Å². The van der Waals surface area contributed by atoms with Crippen LogP contribution in [0.25, 0.3) is 0 Å². The molecule has 26 heavy (non-hydrogen) atoms. The first-order valence-corrected chi connectivity index (χ1v) is 10.2. The zero-order valence-electron chi connectivity index (χ0n) is 16.3. The van der Waals surface area contributed by atoms with Gasteiger partial charge in [0.1, 0.15) is 12.0 Å². The van der Waals surface area contributed by atoms with Crippen molar-refractivity contribution in [3.63, 3.8) is 0 Å². The predicted molar refractivity (Wildman–Crippen MR) is 102 cm³/mol. The molecule has 0 aromatic heterocycles. The highest BCUT2D eigenvalue weighted by Gasteiger charge is 2.42. The SMILES string of the molecule is C=C1C(=O)O[C@@H](CCCCCCCCCCCCC[C@H](C)O)[C@H]1C(=O)O. The zero-order valence-corrected chi connectivity index (χ0v) is 16.3. The van der Waals surface area contributed by atoms with Crippen molar-refractivity contribution in [2.24, 2.45) is 5.92 Å². The summed E-state index contributed by atoms with van der Waals surface area (Å²) < 4.78 is 5.13. The van der Waals surface area contributed by atoms with Crippen molar-refractivity contribution in [1.82, 2.24) is 0 Å². The number of carboxylic acid groups (broad SMARTS) is 1. The van der Waals surface area contributed by atoms with Crippen molar-refractivity contribution in [3.8, 4) is 0 Å². The third-order valence-electron chi connectivity index (χ3n) is 5.14. The first-order chi connectivity index (χ1) is 12.4. The van der Waals surface area contributed by atoms with Gasteiger partial charge < -0.3 is 14.9 Å². The van der Waals surface area contributed by atoms with Crippen molar-refractivity contribution in [1.29, 1.82) is 0 Å². The summed E-state index contributed by atoms with van der Waals surface area (Å²) >= 11 is 0. The van der Waals surface area contributed by atoms with Crippen molar-refractivity contribution in [3.05, 3.63) is 12.2 Å². The molecular weight excluding hydrogens is 332 g/mol. The smallest absolute Gasteiger partial charge is 0.334 e. The average molecular weight is 369 g/mol. The number of aliphatic carboxylic acids is 1. The molecule has 3 atom stereocenters. The molecule has 1 heterocycles. The number of carbonyl (C=O) groups is 2. The van der Waals surface area contributed by atoms with Gasteiger partial charge in [0, 0.05) is 5.57 Å². The number of ether oxygens (including phenoxy) is 1. The number of aliphatic hydroxyl groups is 1. The van der Waals surface area contributed by atoms with E-state index in [1.54, 1.807) is 0 Å². The number of unbranched alkanes of at least 4 members (excludes halogenated alkanes) is 10. The monoisotopic (exact) mass is 368 g/mol. The van der Waals surface area contributed by atoms with Crippen LogP contribution in [-0.4, -0.2) is 34.4 Å². The zero-order chi connectivity index (χ0) is 19.4. The third kappa shape index (κ3) is 8.84. The third-order valence-corrected chi connectivity index (χ3v) is 5.14. The fourth-order valence-electron chi connectivity index (χ4n) is 3.54. The standard InChI is InChI=1S/C21H36O5/c1-16(22)14-12-10-8-6-4-3-5-7-9-11-13-15-18-19(20(23)24)17(2)21(25)26-18/h16,18-19,22H,2-15H2,1H3,(H,23,24)/t16-,18-,19-/m0/s1. The van der Waals surface area contributed by atoms with Crippen molar-refractivity contribution >= 4 is 11.9 Å². The molecule has 0 aliphatic carbocycles. The number of hydrogen-bond acceptors (Lipinski definition) is 4. The molecule has 5 nitrogen and oxygen atoms in total. The van der Waals surface area contributed by atoms with Crippen molar-refractivity contribution in [2.45, 2.75) is 103 Å². The number of cyclic esters (lactones) is 1. The topological polar surface area (TPSA) is 83.8 Å². The quantitative estimate of drug-likeness (QED) is 0.250. The molecule has 1 saturated heterocycles. The molecule has 0 radical (unpaired) electrons. The minimum atomic E-state index is -1.02. The van der Waals surface area contributed by atoms with E-state index in [1.807, 2.05) is 6.92 Å². The molecule has 1 rings (SSSR count). The average Bonchev–Trinajstić information content (AvgIpc) is 2.86. The highest BCUT2D eigenvalue weighted by Crippen LogP contribution is 2.30. The van der Waals surface area contributed by atoms with Crippen LogP contribution in [0.3, 0.4) is 0 Å². The summed E-state index contributed by atoms with van der Waals surface area (Å²) in [6.45, 7) is 5.39.